The SMILES string of the molecule is Cc1cc(CNC(=O)c2ccc(N3CCC(O)CC3)cc2)ccc1F. The van der Waals surface area contributed by atoms with E-state index in [1.165, 1.54) is 6.07 Å². The van der Waals surface area contributed by atoms with E-state index in [9.17, 15) is 14.3 Å². The van der Waals surface area contributed by atoms with Crippen LogP contribution >= 0.6 is 0 Å². The van der Waals surface area contributed by atoms with Gasteiger partial charge in [-0.25, -0.2) is 4.39 Å². The van der Waals surface area contributed by atoms with Crippen molar-refractivity contribution in [3.8, 4) is 0 Å². The highest BCUT2D eigenvalue weighted by Gasteiger charge is 2.17. The lowest BCUT2D eigenvalue weighted by molar-refractivity contribution is 0.0951. The number of aliphatic hydroxyl groups excluding tert-OH is 1. The van der Waals surface area contributed by atoms with Gasteiger partial charge in [0.2, 0.25) is 0 Å². The number of halogens is 1. The van der Waals surface area contributed by atoms with E-state index in [2.05, 4.69) is 10.2 Å². The molecule has 1 heterocycles. The molecular weight excluding hydrogens is 319 g/mol. The number of aryl methyl sites for hydroxylation is 1. The van der Waals surface area contributed by atoms with Gasteiger partial charge in [0.1, 0.15) is 5.82 Å². The van der Waals surface area contributed by atoms with Crippen molar-refractivity contribution in [1.82, 2.24) is 5.32 Å². The molecule has 25 heavy (non-hydrogen) atoms. The quantitative estimate of drug-likeness (QED) is 0.898. The Balaban J connectivity index is 1.58. The van der Waals surface area contributed by atoms with Crippen LogP contribution in [0.5, 0.6) is 0 Å². The first-order valence-corrected chi connectivity index (χ1v) is 8.59. The number of amides is 1. The standard InChI is InChI=1S/C20H23FN2O2/c1-14-12-15(2-7-19(14)21)13-22-20(25)16-3-5-17(6-4-16)23-10-8-18(24)9-11-23/h2-7,12,18,24H,8-11,13H2,1H3,(H,22,25). The van der Waals surface area contributed by atoms with Crippen LogP contribution in [-0.4, -0.2) is 30.2 Å². The molecule has 0 unspecified atom stereocenters. The summed E-state index contributed by atoms with van der Waals surface area (Å²) in [6, 6.07) is 12.3. The number of carbonyl (C=O) groups excluding carboxylic acids is 1. The molecule has 1 fully saturated rings. The van der Waals surface area contributed by atoms with Gasteiger partial charge in [0.25, 0.3) is 5.91 Å². The average Bonchev–Trinajstić information content (AvgIpc) is 2.63. The molecule has 1 amide bonds. The predicted octanol–water partition coefficient (Wildman–Crippen LogP) is 3.03. The molecule has 3 rings (SSSR count). The van der Waals surface area contributed by atoms with Gasteiger partial charge in [-0.3, -0.25) is 4.79 Å². The summed E-state index contributed by atoms with van der Waals surface area (Å²) < 4.78 is 13.3. The minimum atomic E-state index is -0.240. The van der Waals surface area contributed by atoms with Crippen molar-refractivity contribution in [3.63, 3.8) is 0 Å². The highest BCUT2D eigenvalue weighted by atomic mass is 19.1. The number of anilines is 1. The van der Waals surface area contributed by atoms with Gasteiger partial charge in [0.15, 0.2) is 0 Å². The van der Waals surface area contributed by atoms with Crippen LogP contribution < -0.4 is 10.2 Å². The second-order valence-electron chi connectivity index (χ2n) is 6.53. The summed E-state index contributed by atoms with van der Waals surface area (Å²) in [6.07, 6.45) is 1.36. The highest BCUT2D eigenvalue weighted by Crippen LogP contribution is 2.20. The molecule has 1 aliphatic heterocycles. The van der Waals surface area contributed by atoms with Gasteiger partial charge in [-0.2, -0.15) is 0 Å². The molecule has 1 saturated heterocycles. The lowest BCUT2D eigenvalue weighted by Crippen LogP contribution is -2.35. The maximum absolute atomic E-state index is 13.3. The third-order valence-corrected chi connectivity index (χ3v) is 4.63. The Hall–Kier alpha value is -2.40. The van der Waals surface area contributed by atoms with Crippen LogP contribution in [0.1, 0.15) is 34.3 Å². The summed E-state index contributed by atoms with van der Waals surface area (Å²) in [4.78, 5) is 14.5. The molecule has 0 spiro atoms. The molecular formula is C20H23FN2O2. The summed E-state index contributed by atoms with van der Waals surface area (Å²) in [7, 11) is 0. The molecule has 2 aromatic rings. The number of aliphatic hydroxyl groups is 1. The van der Waals surface area contributed by atoms with Crippen LogP contribution in [0.15, 0.2) is 42.5 Å². The minimum absolute atomic E-state index is 0.150. The molecule has 0 atom stereocenters. The van der Waals surface area contributed by atoms with E-state index in [0.29, 0.717) is 17.7 Å². The van der Waals surface area contributed by atoms with E-state index in [4.69, 9.17) is 0 Å². The Labute approximate surface area is 147 Å². The molecule has 0 bridgehead atoms. The molecule has 2 aromatic carbocycles. The van der Waals surface area contributed by atoms with E-state index in [1.54, 1.807) is 19.1 Å². The van der Waals surface area contributed by atoms with Crippen molar-refractivity contribution in [2.24, 2.45) is 0 Å². The van der Waals surface area contributed by atoms with E-state index >= 15 is 0 Å². The molecule has 1 aliphatic rings. The van der Waals surface area contributed by atoms with Crippen molar-refractivity contribution >= 4 is 11.6 Å². The predicted molar refractivity (Wildman–Crippen MR) is 96.2 cm³/mol. The summed E-state index contributed by atoms with van der Waals surface area (Å²) in [5, 5.41) is 12.4. The lowest BCUT2D eigenvalue weighted by atomic mass is 10.1. The average molecular weight is 342 g/mol. The van der Waals surface area contributed by atoms with Crippen molar-refractivity contribution in [2.45, 2.75) is 32.4 Å². The summed E-state index contributed by atoms with van der Waals surface area (Å²) in [6.45, 7) is 3.73. The molecule has 4 nitrogen and oxygen atoms in total. The highest BCUT2D eigenvalue weighted by molar-refractivity contribution is 5.94. The van der Waals surface area contributed by atoms with Crippen LogP contribution in [0.25, 0.3) is 0 Å². The maximum Gasteiger partial charge on any atom is 0.251 e. The normalized spacial score (nSPS) is 15.2. The lowest BCUT2D eigenvalue weighted by Gasteiger charge is -2.31. The fourth-order valence-electron chi connectivity index (χ4n) is 3.05. The molecule has 0 radical (unpaired) electrons. The fourth-order valence-corrected chi connectivity index (χ4v) is 3.05. The zero-order valence-electron chi connectivity index (χ0n) is 14.3. The third kappa shape index (κ3) is 4.37. The van der Waals surface area contributed by atoms with Gasteiger partial charge in [-0.05, 0) is 61.2 Å². The Kier molecular flexibility index (Phi) is 5.34. The number of nitrogens with one attached hydrogen (secondary N) is 1. The zero-order chi connectivity index (χ0) is 17.8. The van der Waals surface area contributed by atoms with Crippen molar-refractivity contribution in [2.75, 3.05) is 18.0 Å². The van der Waals surface area contributed by atoms with Gasteiger partial charge in [-0.15, -0.1) is 0 Å². The Morgan fingerprint density at radius 3 is 2.52 bits per heavy atom. The Morgan fingerprint density at radius 2 is 1.88 bits per heavy atom. The van der Waals surface area contributed by atoms with Gasteiger partial charge in [0.05, 0.1) is 6.10 Å². The summed E-state index contributed by atoms with van der Waals surface area (Å²) in [5.74, 6) is -0.390. The first-order valence-electron chi connectivity index (χ1n) is 8.59. The first kappa shape index (κ1) is 17.4. The van der Waals surface area contributed by atoms with Crippen molar-refractivity contribution in [3.05, 3.63) is 65.0 Å². The fraction of sp³-hybridized carbons (Fsp3) is 0.350. The minimum Gasteiger partial charge on any atom is -0.393 e. The molecule has 5 heteroatoms. The van der Waals surface area contributed by atoms with E-state index in [1.807, 2.05) is 24.3 Å². The molecule has 0 saturated carbocycles. The summed E-state index contributed by atoms with van der Waals surface area (Å²) in [5.41, 5.74) is 3.11. The van der Waals surface area contributed by atoms with Crippen LogP contribution in [0.4, 0.5) is 10.1 Å². The van der Waals surface area contributed by atoms with Gasteiger partial charge >= 0.3 is 0 Å². The van der Waals surface area contributed by atoms with Gasteiger partial charge in [0, 0.05) is 30.9 Å². The molecule has 0 aliphatic carbocycles. The first-order chi connectivity index (χ1) is 12.0. The van der Waals surface area contributed by atoms with E-state index in [0.717, 1.165) is 37.2 Å². The van der Waals surface area contributed by atoms with Crippen LogP contribution in [0.2, 0.25) is 0 Å². The topological polar surface area (TPSA) is 52.6 Å². The Bertz CT molecular complexity index is 738. The molecule has 2 N–H and O–H groups in total. The number of carbonyl (C=O) groups is 1. The monoisotopic (exact) mass is 342 g/mol. The van der Waals surface area contributed by atoms with Crippen molar-refractivity contribution < 1.29 is 14.3 Å². The third-order valence-electron chi connectivity index (χ3n) is 4.63. The molecule has 0 aromatic heterocycles. The van der Waals surface area contributed by atoms with Crippen LogP contribution in [-0.2, 0) is 6.54 Å². The maximum atomic E-state index is 13.3. The van der Waals surface area contributed by atoms with Crippen LogP contribution in [0, 0.1) is 12.7 Å². The second kappa shape index (κ2) is 7.66. The van der Waals surface area contributed by atoms with Gasteiger partial charge in [-0.1, -0.05) is 12.1 Å². The largest absolute Gasteiger partial charge is 0.393 e. The second-order valence-corrected chi connectivity index (χ2v) is 6.53. The van der Waals surface area contributed by atoms with E-state index in [-0.39, 0.29) is 17.8 Å². The zero-order valence-corrected chi connectivity index (χ0v) is 14.3. The number of rotatable bonds is 4. The Morgan fingerprint density at radius 1 is 1.20 bits per heavy atom. The van der Waals surface area contributed by atoms with E-state index < -0.39 is 0 Å². The smallest absolute Gasteiger partial charge is 0.251 e. The van der Waals surface area contributed by atoms with Crippen molar-refractivity contribution in [1.29, 1.82) is 0 Å². The number of benzene rings is 2. The number of hydrogen-bond donors (Lipinski definition) is 2. The number of nitrogens with zero attached hydrogens (tertiary/aromatic N) is 1. The van der Waals surface area contributed by atoms with Crippen LogP contribution in [0.3, 0.4) is 0 Å². The molecule has 132 valence electrons. The van der Waals surface area contributed by atoms with Gasteiger partial charge < -0.3 is 15.3 Å². The summed E-state index contributed by atoms with van der Waals surface area (Å²) >= 11 is 0. The number of hydrogen-bond acceptors (Lipinski definition) is 3. The number of piperidine rings is 1.